The average molecular weight is 396 g/mol. The van der Waals surface area contributed by atoms with E-state index in [-0.39, 0.29) is 0 Å². The summed E-state index contributed by atoms with van der Waals surface area (Å²) in [6.45, 7) is 0.540. The van der Waals surface area contributed by atoms with Crippen LogP contribution in [0.25, 0.3) is 32.9 Å². The Labute approximate surface area is 171 Å². The van der Waals surface area contributed by atoms with Crippen LogP contribution in [-0.2, 0) is 6.54 Å². The molecular weight excluding hydrogens is 380 g/mol. The minimum absolute atomic E-state index is 0.540. The Kier molecular flexibility index (Phi) is 4.63. The zero-order valence-corrected chi connectivity index (χ0v) is 16.2. The molecule has 0 spiro atoms. The van der Waals surface area contributed by atoms with E-state index in [9.17, 15) is 0 Å². The molecule has 5 rings (SSSR count). The average Bonchev–Trinajstić information content (AvgIpc) is 3.27. The van der Waals surface area contributed by atoms with Crippen molar-refractivity contribution in [2.45, 2.75) is 6.54 Å². The van der Waals surface area contributed by atoms with Crippen LogP contribution in [0.1, 0.15) is 5.01 Å². The lowest BCUT2D eigenvalue weighted by Gasteiger charge is -2.09. The number of nitrogens with one attached hydrogen (secondary N) is 1. The van der Waals surface area contributed by atoms with Crippen molar-refractivity contribution < 1.29 is 0 Å². The first kappa shape index (κ1) is 17.4. The molecule has 0 bridgehead atoms. The summed E-state index contributed by atoms with van der Waals surface area (Å²) in [7, 11) is 0. The predicted molar refractivity (Wildman–Crippen MR) is 115 cm³/mol. The third kappa shape index (κ3) is 3.68. The third-order valence-corrected chi connectivity index (χ3v) is 5.39. The van der Waals surface area contributed by atoms with Crippen LogP contribution in [0.4, 0.5) is 5.82 Å². The summed E-state index contributed by atoms with van der Waals surface area (Å²) in [4.78, 5) is 13.6. The van der Waals surface area contributed by atoms with E-state index in [2.05, 4.69) is 25.5 Å². The van der Waals surface area contributed by atoms with Crippen LogP contribution in [0.2, 0.25) is 0 Å². The number of anilines is 1. The van der Waals surface area contributed by atoms with Crippen molar-refractivity contribution in [3.8, 4) is 22.0 Å². The van der Waals surface area contributed by atoms with Gasteiger partial charge in [0.05, 0.1) is 12.1 Å². The van der Waals surface area contributed by atoms with Crippen molar-refractivity contribution in [1.29, 1.82) is 0 Å². The summed E-state index contributed by atoms with van der Waals surface area (Å²) < 4.78 is 0. The van der Waals surface area contributed by atoms with Gasteiger partial charge < -0.3 is 5.32 Å². The van der Waals surface area contributed by atoms with Crippen molar-refractivity contribution in [1.82, 2.24) is 25.1 Å². The van der Waals surface area contributed by atoms with Gasteiger partial charge >= 0.3 is 0 Å². The molecule has 1 N–H and O–H groups in total. The van der Waals surface area contributed by atoms with Crippen LogP contribution < -0.4 is 5.32 Å². The predicted octanol–water partition coefficient (Wildman–Crippen LogP) is 4.82. The van der Waals surface area contributed by atoms with Gasteiger partial charge in [0.1, 0.15) is 15.8 Å². The van der Waals surface area contributed by atoms with Crippen LogP contribution in [0.15, 0.2) is 79.1 Å². The van der Waals surface area contributed by atoms with E-state index in [0.29, 0.717) is 12.4 Å². The van der Waals surface area contributed by atoms with E-state index in [0.717, 1.165) is 37.9 Å². The fourth-order valence-electron chi connectivity index (χ4n) is 3.02. The molecule has 3 heterocycles. The van der Waals surface area contributed by atoms with E-state index in [1.54, 1.807) is 23.7 Å². The van der Waals surface area contributed by atoms with Crippen molar-refractivity contribution in [3.63, 3.8) is 0 Å². The van der Waals surface area contributed by atoms with E-state index in [1.807, 2.05) is 66.7 Å². The van der Waals surface area contributed by atoms with Crippen molar-refractivity contribution in [2.24, 2.45) is 0 Å². The van der Waals surface area contributed by atoms with Crippen molar-refractivity contribution in [2.75, 3.05) is 5.32 Å². The summed E-state index contributed by atoms with van der Waals surface area (Å²) >= 11 is 1.57. The van der Waals surface area contributed by atoms with Gasteiger partial charge in [-0.05, 0) is 24.3 Å². The van der Waals surface area contributed by atoms with E-state index >= 15 is 0 Å². The summed E-state index contributed by atoms with van der Waals surface area (Å²) in [6, 6.07) is 21.9. The summed E-state index contributed by atoms with van der Waals surface area (Å²) in [5, 5.41) is 14.8. The van der Waals surface area contributed by atoms with Gasteiger partial charge in [0.15, 0.2) is 5.82 Å². The summed E-state index contributed by atoms with van der Waals surface area (Å²) in [5.74, 6) is 1.41. The van der Waals surface area contributed by atoms with Crippen LogP contribution in [0, 0.1) is 0 Å². The molecule has 0 saturated heterocycles. The van der Waals surface area contributed by atoms with Gasteiger partial charge in [-0.15, -0.1) is 10.2 Å². The van der Waals surface area contributed by atoms with Gasteiger partial charge in [-0.3, -0.25) is 4.98 Å². The second-order valence-corrected chi connectivity index (χ2v) is 7.44. The van der Waals surface area contributed by atoms with E-state index in [1.165, 1.54) is 0 Å². The molecule has 0 amide bonds. The lowest BCUT2D eigenvalue weighted by atomic mass is 10.2. The SMILES string of the molecule is c1ccc(-c2nnc(CNc3nc(-c4cccnc4)nc4ccccc34)s2)cc1. The highest BCUT2D eigenvalue weighted by molar-refractivity contribution is 7.14. The Morgan fingerprint density at radius 2 is 1.62 bits per heavy atom. The number of para-hydroxylation sites is 1. The maximum absolute atomic E-state index is 4.75. The molecule has 0 unspecified atom stereocenters. The van der Waals surface area contributed by atoms with Crippen LogP contribution >= 0.6 is 11.3 Å². The molecule has 3 aromatic heterocycles. The summed E-state index contributed by atoms with van der Waals surface area (Å²) in [6.07, 6.45) is 3.51. The molecule has 0 radical (unpaired) electrons. The highest BCUT2D eigenvalue weighted by atomic mass is 32.1. The number of benzene rings is 2. The molecule has 2 aromatic carbocycles. The van der Waals surface area contributed by atoms with Gasteiger partial charge in [0, 0.05) is 28.9 Å². The third-order valence-electron chi connectivity index (χ3n) is 4.42. The van der Waals surface area contributed by atoms with Gasteiger partial charge in [-0.1, -0.05) is 53.8 Å². The molecular formula is C22H16N6S. The molecule has 0 fully saturated rings. The molecule has 6 nitrogen and oxygen atoms in total. The first-order valence-electron chi connectivity index (χ1n) is 9.16. The smallest absolute Gasteiger partial charge is 0.163 e. The van der Waals surface area contributed by atoms with Crippen LogP contribution in [0.3, 0.4) is 0 Å². The number of pyridine rings is 1. The first-order chi connectivity index (χ1) is 14.4. The standard InChI is InChI=1S/C22H16N6S/c1-2-7-15(8-3-1)22-28-27-19(29-22)14-24-21-17-10-4-5-11-18(17)25-20(26-21)16-9-6-12-23-13-16/h1-13H,14H2,(H,24,25,26). The Hall–Kier alpha value is -3.71. The van der Waals surface area contributed by atoms with Crippen molar-refractivity contribution >= 4 is 28.1 Å². The fraction of sp³-hybridized carbons (Fsp3) is 0.0455. The topological polar surface area (TPSA) is 76.5 Å². The largest absolute Gasteiger partial charge is 0.363 e. The molecule has 0 aliphatic heterocycles. The molecule has 5 aromatic rings. The first-order valence-corrected chi connectivity index (χ1v) is 9.97. The number of rotatable bonds is 5. The minimum atomic E-state index is 0.540. The van der Waals surface area contributed by atoms with E-state index in [4.69, 9.17) is 4.98 Å². The second-order valence-electron chi connectivity index (χ2n) is 6.38. The van der Waals surface area contributed by atoms with Crippen LogP contribution in [-0.4, -0.2) is 25.1 Å². The highest BCUT2D eigenvalue weighted by Gasteiger charge is 2.11. The number of hydrogen-bond donors (Lipinski definition) is 1. The molecule has 0 aliphatic carbocycles. The monoisotopic (exact) mass is 396 g/mol. The fourth-order valence-corrected chi connectivity index (χ4v) is 3.80. The van der Waals surface area contributed by atoms with Gasteiger partial charge in [-0.25, -0.2) is 9.97 Å². The van der Waals surface area contributed by atoms with Gasteiger partial charge in [0.25, 0.3) is 0 Å². The quantitative estimate of drug-likeness (QED) is 0.459. The van der Waals surface area contributed by atoms with Gasteiger partial charge in [0.2, 0.25) is 0 Å². The van der Waals surface area contributed by atoms with Crippen LogP contribution in [0.5, 0.6) is 0 Å². The second kappa shape index (κ2) is 7.73. The molecule has 140 valence electrons. The molecule has 29 heavy (non-hydrogen) atoms. The maximum Gasteiger partial charge on any atom is 0.163 e. The molecule has 0 atom stereocenters. The highest BCUT2D eigenvalue weighted by Crippen LogP contribution is 2.26. The maximum atomic E-state index is 4.75. The minimum Gasteiger partial charge on any atom is -0.363 e. The Morgan fingerprint density at radius 1 is 0.793 bits per heavy atom. The molecule has 0 aliphatic rings. The van der Waals surface area contributed by atoms with E-state index < -0.39 is 0 Å². The zero-order chi connectivity index (χ0) is 19.5. The number of aromatic nitrogens is 5. The normalized spacial score (nSPS) is 10.9. The van der Waals surface area contributed by atoms with Gasteiger partial charge in [-0.2, -0.15) is 0 Å². The number of hydrogen-bond acceptors (Lipinski definition) is 7. The number of nitrogens with zero attached hydrogens (tertiary/aromatic N) is 5. The Bertz CT molecular complexity index is 1250. The lowest BCUT2D eigenvalue weighted by Crippen LogP contribution is -2.04. The molecule has 0 saturated carbocycles. The Morgan fingerprint density at radius 3 is 2.48 bits per heavy atom. The summed E-state index contributed by atoms with van der Waals surface area (Å²) in [5.41, 5.74) is 2.83. The zero-order valence-electron chi connectivity index (χ0n) is 15.4. The Balaban J connectivity index is 1.45. The number of fused-ring (bicyclic) bond motifs is 1. The molecule has 7 heteroatoms. The van der Waals surface area contributed by atoms with Crippen molar-refractivity contribution in [3.05, 3.63) is 84.1 Å². The lowest BCUT2D eigenvalue weighted by molar-refractivity contribution is 0.986.